The van der Waals surface area contributed by atoms with Crippen molar-refractivity contribution in [2.75, 3.05) is 7.11 Å². The fraction of sp³-hybridized carbons (Fsp3) is 0.174. The van der Waals surface area contributed by atoms with E-state index in [9.17, 15) is 4.79 Å². The van der Waals surface area contributed by atoms with Crippen LogP contribution in [0.1, 0.15) is 27.2 Å². The smallest absolute Gasteiger partial charge is 0.192 e. The Kier molecular flexibility index (Phi) is 5.99. The third-order valence-corrected chi connectivity index (χ3v) is 5.81. The highest BCUT2D eigenvalue weighted by molar-refractivity contribution is 7.98. The van der Waals surface area contributed by atoms with Crippen LogP contribution in [0.25, 0.3) is 11.4 Å². The second kappa shape index (κ2) is 9.00. The van der Waals surface area contributed by atoms with Crippen molar-refractivity contribution >= 4 is 18.0 Å². The molecule has 6 nitrogen and oxygen atoms in total. The lowest BCUT2D eigenvalue weighted by molar-refractivity contribution is 0.112. The molecule has 0 aliphatic carbocycles. The first kappa shape index (κ1) is 20.0. The molecule has 7 heteroatoms. The van der Waals surface area contributed by atoms with Crippen LogP contribution < -0.4 is 4.74 Å². The largest absolute Gasteiger partial charge is 0.496 e. The number of aldehydes is 1. The highest BCUT2D eigenvalue weighted by Crippen LogP contribution is 2.31. The number of thioether (sulfide) groups is 1. The zero-order valence-electron chi connectivity index (χ0n) is 16.7. The van der Waals surface area contributed by atoms with Crippen LogP contribution in [0, 0.1) is 6.92 Å². The molecule has 152 valence electrons. The van der Waals surface area contributed by atoms with Gasteiger partial charge in [0.1, 0.15) is 17.8 Å². The van der Waals surface area contributed by atoms with E-state index in [0.717, 1.165) is 45.5 Å². The van der Waals surface area contributed by atoms with Gasteiger partial charge in [-0.05, 0) is 42.8 Å². The van der Waals surface area contributed by atoms with Gasteiger partial charge in [0.25, 0.3) is 0 Å². The lowest BCUT2D eigenvalue weighted by Gasteiger charge is -2.12. The molecule has 4 rings (SSSR count). The number of methoxy groups -OCH3 is 1. The number of nitrogens with zero attached hydrogens (tertiary/aromatic N) is 3. The molecule has 0 N–H and O–H groups in total. The van der Waals surface area contributed by atoms with Gasteiger partial charge in [-0.3, -0.25) is 9.36 Å². The molecule has 0 saturated heterocycles. The van der Waals surface area contributed by atoms with Crippen molar-refractivity contribution in [2.24, 2.45) is 0 Å². The van der Waals surface area contributed by atoms with Crippen LogP contribution in [-0.2, 0) is 12.3 Å². The number of carbonyl (C=O) groups is 1. The van der Waals surface area contributed by atoms with Crippen LogP contribution in [0.5, 0.6) is 5.75 Å². The van der Waals surface area contributed by atoms with Gasteiger partial charge in [0, 0.05) is 22.4 Å². The van der Waals surface area contributed by atoms with E-state index in [1.807, 2.05) is 42.5 Å². The summed E-state index contributed by atoms with van der Waals surface area (Å²) < 4.78 is 13.1. The Labute approximate surface area is 178 Å². The maximum absolute atomic E-state index is 11.2. The molecule has 2 aromatic heterocycles. The first-order chi connectivity index (χ1) is 14.7. The Balaban J connectivity index is 1.68. The summed E-state index contributed by atoms with van der Waals surface area (Å²) in [5.41, 5.74) is 3.70. The van der Waals surface area contributed by atoms with Gasteiger partial charge in [-0.2, -0.15) is 0 Å². The first-order valence-corrected chi connectivity index (χ1v) is 10.4. The van der Waals surface area contributed by atoms with E-state index in [2.05, 4.69) is 27.8 Å². The lowest BCUT2D eigenvalue weighted by atomic mass is 10.1. The van der Waals surface area contributed by atoms with E-state index in [-0.39, 0.29) is 0 Å². The number of ether oxygens (including phenoxy) is 1. The molecule has 0 saturated carbocycles. The second-order valence-electron chi connectivity index (χ2n) is 6.76. The summed E-state index contributed by atoms with van der Waals surface area (Å²) >= 11 is 1.54. The Hall–Kier alpha value is -3.32. The number of hydrogen-bond donors (Lipinski definition) is 0. The molecule has 0 unspecified atom stereocenters. The van der Waals surface area contributed by atoms with Gasteiger partial charge in [0.2, 0.25) is 0 Å². The van der Waals surface area contributed by atoms with Crippen molar-refractivity contribution in [1.29, 1.82) is 0 Å². The molecule has 0 amide bonds. The average molecular weight is 420 g/mol. The number of carbonyl (C=O) groups excluding carboxylic acids is 1. The molecule has 4 aromatic rings. The van der Waals surface area contributed by atoms with E-state index >= 15 is 0 Å². The molecule has 2 heterocycles. The minimum Gasteiger partial charge on any atom is -0.496 e. The number of hydrogen-bond acceptors (Lipinski definition) is 6. The molecule has 0 radical (unpaired) electrons. The number of aryl methyl sites for hydroxylation is 1. The van der Waals surface area contributed by atoms with Crippen LogP contribution in [-0.4, -0.2) is 28.2 Å². The average Bonchev–Trinajstić information content (AvgIpc) is 3.43. The van der Waals surface area contributed by atoms with Crippen LogP contribution in [0.15, 0.2) is 70.4 Å². The van der Waals surface area contributed by atoms with Crippen LogP contribution in [0.3, 0.4) is 0 Å². The molecular weight excluding hydrogens is 398 g/mol. The van der Waals surface area contributed by atoms with Gasteiger partial charge in [0.15, 0.2) is 11.0 Å². The van der Waals surface area contributed by atoms with Crippen molar-refractivity contribution in [1.82, 2.24) is 14.8 Å². The van der Waals surface area contributed by atoms with E-state index < -0.39 is 0 Å². The van der Waals surface area contributed by atoms with Crippen molar-refractivity contribution in [3.8, 4) is 17.1 Å². The van der Waals surface area contributed by atoms with Gasteiger partial charge in [0.05, 0.1) is 19.9 Å². The van der Waals surface area contributed by atoms with Crippen molar-refractivity contribution in [2.45, 2.75) is 24.4 Å². The normalized spacial score (nSPS) is 10.9. The molecule has 0 fully saturated rings. The van der Waals surface area contributed by atoms with Crippen LogP contribution >= 0.6 is 11.8 Å². The Morgan fingerprint density at radius 1 is 1.13 bits per heavy atom. The van der Waals surface area contributed by atoms with Gasteiger partial charge < -0.3 is 9.15 Å². The van der Waals surface area contributed by atoms with Gasteiger partial charge >= 0.3 is 0 Å². The summed E-state index contributed by atoms with van der Waals surface area (Å²) in [6, 6.07) is 17.3. The topological polar surface area (TPSA) is 70.2 Å². The molecule has 0 aliphatic rings. The van der Waals surface area contributed by atoms with E-state index in [0.29, 0.717) is 17.9 Å². The Morgan fingerprint density at radius 3 is 2.73 bits per heavy atom. The number of aromatic nitrogens is 3. The number of rotatable bonds is 8. The molecule has 2 aromatic carbocycles. The molecule has 0 atom stereocenters. The fourth-order valence-electron chi connectivity index (χ4n) is 3.25. The van der Waals surface area contributed by atoms with Gasteiger partial charge in [-0.15, -0.1) is 10.2 Å². The SMILES string of the molecule is COc1ccc(C=O)cc1CSc1nnc(-c2ccccc2C)n1Cc1ccco1. The second-order valence-corrected chi connectivity index (χ2v) is 7.71. The highest BCUT2D eigenvalue weighted by Gasteiger charge is 2.18. The maximum atomic E-state index is 11.2. The minimum absolute atomic E-state index is 0.525. The predicted octanol–water partition coefficient (Wildman–Crippen LogP) is 5.01. The van der Waals surface area contributed by atoms with E-state index in [1.165, 1.54) is 0 Å². The predicted molar refractivity (Wildman–Crippen MR) is 116 cm³/mol. The number of furan rings is 1. The summed E-state index contributed by atoms with van der Waals surface area (Å²) in [5, 5.41) is 9.70. The quantitative estimate of drug-likeness (QED) is 0.295. The molecule has 0 spiro atoms. The molecular formula is C23H21N3O3S. The summed E-state index contributed by atoms with van der Waals surface area (Å²) in [5.74, 6) is 2.95. The lowest BCUT2D eigenvalue weighted by Crippen LogP contribution is -2.04. The van der Waals surface area contributed by atoms with E-state index in [4.69, 9.17) is 9.15 Å². The van der Waals surface area contributed by atoms with Crippen molar-refractivity contribution in [3.05, 3.63) is 83.3 Å². The fourth-order valence-corrected chi connectivity index (χ4v) is 4.16. The minimum atomic E-state index is 0.525. The zero-order chi connectivity index (χ0) is 20.9. The van der Waals surface area contributed by atoms with Gasteiger partial charge in [-0.1, -0.05) is 36.0 Å². The van der Waals surface area contributed by atoms with Crippen LogP contribution in [0.2, 0.25) is 0 Å². The van der Waals surface area contributed by atoms with Crippen LogP contribution in [0.4, 0.5) is 0 Å². The zero-order valence-corrected chi connectivity index (χ0v) is 17.6. The monoisotopic (exact) mass is 419 g/mol. The summed E-state index contributed by atoms with van der Waals surface area (Å²) in [6.07, 6.45) is 2.50. The highest BCUT2D eigenvalue weighted by atomic mass is 32.2. The molecule has 30 heavy (non-hydrogen) atoms. The summed E-state index contributed by atoms with van der Waals surface area (Å²) in [7, 11) is 1.62. The first-order valence-electron chi connectivity index (χ1n) is 9.46. The summed E-state index contributed by atoms with van der Waals surface area (Å²) in [4.78, 5) is 11.2. The van der Waals surface area contributed by atoms with Gasteiger partial charge in [-0.25, -0.2) is 0 Å². The van der Waals surface area contributed by atoms with Crippen molar-refractivity contribution < 1.29 is 13.9 Å². The summed E-state index contributed by atoms with van der Waals surface area (Å²) in [6.45, 7) is 2.58. The maximum Gasteiger partial charge on any atom is 0.192 e. The Morgan fingerprint density at radius 2 is 2.00 bits per heavy atom. The standard InChI is InChI=1S/C23H21N3O3S/c1-16-6-3-4-8-20(16)22-24-25-23(26(22)13-19-7-5-11-29-19)30-15-18-12-17(14-27)9-10-21(18)28-2/h3-12,14H,13,15H2,1-2H3. The number of benzene rings is 2. The molecule has 0 bridgehead atoms. The van der Waals surface area contributed by atoms with E-state index in [1.54, 1.807) is 31.2 Å². The Bertz CT molecular complexity index is 1150. The third kappa shape index (κ3) is 4.16. The van der Waals surface area contributed by atoms with Crippen molar-refractivity contribution in [3.63, 3.8) is 0 Å². The third-order valence-electron chi connectivity index (χ3n) is 4.79. The molecule has 0 aliphatic heterocycles.